The number of imide groups is 1. The van der Waals surface area contributed by atoms with Crippen LogP contribution in [-0.2, 0) is 9.59 Å². The topological polar surface area (TPSA) is 145 Å². The molecular formula is C10H11N9O2. The summed E-state index contributed by atoms with van der Waals surface area (Å²) in [6.07, 6.45) is 2.72. The zero-order chi connectivity index (χ0) is 15.0. The van der Waals surface area contributed by atoms with E-state index in [1.165, 1.54) is 22.2 Å². The molecule has 3 N–H and O–H groups in total. The second kappa shape index (κ2) is 4.77. The zero-order valence-corrected chi connectivity index (χ0v) is 11.0. The van der Waals surface area contributed by atoms with Gasteiger partial charge in [0.1, 0.15) is 25.2 Å². The van der Waals surface area contributed by atoms with Crippen molar-refractivity contribution in [2.45, 2.75) is 13.0 Å². The van der Waals surface area contributed by atoms with Crippen LogP contribution < -0.4 is 16.0 Å². The molecule has 21 heavy (non-hydrogen) atoms. The van der Waals surface area contributed by atoms with Crippen LogP contribution in [0.15, 0.2) is 12.7 Å². The Labute approximate surface area is 118 Å². The van der Waals surface area contributed by atoms with Gasteiger partial charge in [-0.05, 0) is 6.92 Å². The Balaban J connectivity index is 2.02. The van der Waals surface area contributed by atoms with E-state index in [2.05, 4.69) is 30.4 Å². The van der Waals surface area contributed by atoms with Crippen LogP contribution >= 0.6 is 0 Å². The van der Waals surface area contributed by atoms with Gasteiger partial charge in [0.25, 0.3) is 5.95 Å². The Bertz CT molecular complexity index is 699. The molecule has 0 saturated carbocycles. The van der Waals surface area contributed by atoms with E-state index < -0.39 is 17.9 Å². The van der Waals surface area contributed by atoms with E-state index in [1.54, 1.807) is 6.92 Å². The number of piperazine rings is 1. The molecule has 2 aromatic heterocycles. The Morgan fingerprint density at radius 1 is 1.29 bits per heavy atom. The van der Waals surface area contributed by atoms with Crippen LogP contribution in [0.5, 0.6) is 0 Å². The van der Waals surface area contributed by atoms with Gasteiger partial charge >= 0.3 is 0 Å². The van der Waals surface area contributed by atoms with Gasteiger partial charge in [0, 0.05) is 0 Å². The molecule has 108 valence electrons. The van der Waals surface area contributed by atoms with Crippen molar-refractivity contribution in [3.63, 3.8) is 0 Å². The lowest BCUT2D eigenvalue weighted by Gasteiger charge is -2.31. The van der Waals surface area contributed by atoms with E-state index >= 15 is 0 Å². The van der Waals surface area contributed by atoms with Crippen molar-refractivity contribution in [2.24, 2.45) is 0 Å². The number of carbonyl (C=O) groups is 2. The molecule has 1 saturated heterocycles. The number of hydrogen-bond donors (Lipinski definition) is 2. The van der Waals surface area contributed by atoms with Gasteiger partial charge in [0.15, 0.2) is 0 Å². The van der Waals surface area contributed by atoms with Gasteiger partial charge in [-0.1, -0.05) is 0 Å². The van der Waals surface area contributed by atoms with Crippen molar-refractivity contribution >= 4 is 23.7 Å². The van der Waals surface area contributed by atoms with Gasteiger partial charge in [-0.25, -0.2) is 4.98 Å². The maximum absolute atomic E-state index is 11.7. The molecule has 1 aliphatic rings. The molecule has 1 unspecified atom stereocenters. The molecule has 1 aliphatic heterocycles. The number of hydrogen-bond acceptors (Lipinski definition) is 9. The van der Waals surface area contributed by atoms with Crippen LogP contribution in [0.4, 0.5) is 11.9 Å². The normalized spacial score (nSPS) is 18.7. The minimum Gasteiger partial charge on any atom is -0.368 e. The highest BCUT2D eigenvalue weighted by molar-refractivity contribution is 6.04. The molecule has 1 fully saturated rings. The van der Waals surface area contributed by atoms with Crippen molar-refractivity contribution in [2.75, 3.05) is 17.2 Å². The third kappa shape index (κ3) is 2.35. The van der Waals surface area contributed by atoms with E-state index in [0.717, 1.165) is 0 Å². The van der Waals surface area contributed by atoms with Crippen molar-refractivity contribution in [1.29, 1.82) is 0 Å². The van der Waals surface area contributed by atoms with Crippen molar-refractivity contribution in [3.8, 4) is 5.95 Å². The molecule has 0 aliphatic carbocycles. The first kappa shape index (κ1) is 12.9. The fourth-order valence-electron chi connectivity index (χ4n) is 1.87. The van der Waals surface area contributed by atoms with Crippen molar-refractivity contribution in [1.82, 2.24) is 35.0 Å². The van der Waals surface area contributed by atoms with Crippen LogP contribution in [-0.4, -0.2) is 54.1 Å². The van der Waals surface area contributed by atoms with Gasteiger partial charge in [0.2, 0.25) is 23.7 Å². The van der Waals surface area contributed by atoms with Crippen LogP contribution in [0.3, 0.4) is 0 Å². The van der Waals surface area contributed by atoms with Crippen LogP contribution in [0, 0.1) is 0 Å². The number of anilines is 2. The highest BCUT2D eigenvalue weighted by Gasteiger charge is 2.32. The summed E-state index contributed by atoms with van der Waals surface area (Å²) in [5.74, 6) is -0.618. The molecule has 2 aromatic rings. The smallest absolute Gasteiger partial charge is 0.258 e. The summed E-state index contributed by atoms with van der Waals surface area (Å²) >= 11 is 0. The van der Waals surface area contributed by atoms with Crippen LogP contribution in [0.1, 0.15) is 6.92 Å². The summed E-state index contributed by atoms with van der Waals surface area (Å²) in [4.78, 5) is 40.5. The first-order valence-electron chi connectivity index (χ1n) is 6.01. The summed E-state index contributed by atoms with van der Waals surface area (Å²) in [6.45, 7) is 1.59. The number of amides is 2. The third-order valence-electron chi connectivity index (χ3n) is 2.93. The summed E-state index contributed by atoms with van der Waals surface area (Å²) in [6, 6.07) is -0.604. The molecule has 0 bridgehead atoms. The highest BCUT2D eigenvalue weighted by Crippen LogP contribution is 2.16. The second-order valence-corrected chi connectivity index (χ2v) is 4.35. The number of nitrogen functional groups attached to an aromatic ring is 1. The molecule has 3 rings (SSSR count). The summed E-state index contributed by atoms with van der Waals surface area (Å²) in [5.41, 5.74) is 5.65. The Morgan fingerprint density at radius 3 is 2.76 bits per heavy atom. The standard InChI is InChI=1S/C10H11N9O2/c1-5-7(21)14-6(20)2-18(5)9-15-8(11)16-10(17-9)19-4-12-3-13-19/h3-5H,2H2,1H3,(H,14,20,21)(H2,11,15,16,17). The van der Waals surface area contributed by atoms with E-state index in [9.17, 15) is 9.59 Å². The summed E-state index contributed by atoms with van der Waals surface area (Å²) in [5, 5.41) is 6.13. The lowest BCUT2D eigenvalue weighted by molar-refractivity contribution is -0.132. The van der Waals surface area contributed by atoms with Crippen LogP contribution in [0.25, 0.3) is 5.95 Å². The highest BCUT2D eigenvalue weighted by atomic mass is 16.2. The lowest BCUT2D eigenvalue weighted by Crippen LogP contribution is -2.57. The minimum atomic E-state index is -0.604. The van der Waals surface area contributed by atoms with Crippen molar-refractivity contribution in [3.05, 3.63) is 12.7 Å². The SMILES string of the molecule is CC1C(=O)NC(=O)CN1c1nc(N)nc(-n2cncn2)n1. The number of nitrogens with two attached hydrogens (primary N) is 1. The fourth-order valence-corrected chi connectivity index (χ4v) is 1.87. The molecule has 0 radical (unpaired) electrons. The number of rotatable bonds is 2. The molecule has 0 aromatic carbocycles. The van der Waals surface area contributed by atoms with E-state index in [1.807, 2.05) is 0 Å². The van der Waals surface area contributed by atoms with Gasteiger partial charge in [0.05, 0.1) is 0 Å². The first-order chi connectivity index (χ1) is 10.0. The monoisotopic (exact) mass is 289 g/mol. The van der Waals surface area contributed by atoms with Crippen LogP contribution in [0.2, 0.25) is 0 Å². The summed E-state index contributed by atoms with van der Waals surface area (Å²) < 4.78 is 1.30. The number of nitrogens with zero attached hydrogens (tertiary/aromatic N) is 7. The lowest BCUT2D eigenvalue weighted by atomic mass is 10.2. The maximum Gasteiger partial charge on any atom is 0.258 e. The average Bonchev–Trinajstić information content (AvgIpc) is 2.96. The Morgan fingerprint density at radius 2 is 2.05 bits per heavy atom. The minimum absolute atomic E-state index is 0.0452. The molecule has 2 amide bonds. The Kier molecular flexibility index (Phi) is 2.93. The predicted molar refractivity (Wildman–Crippen MR) is 69.1 cm³/mol. The molecular weight excluding hydrogens is 278 g/mol. The molecule has 1 atom stereocenters. The molecule has 3 heterocycles. The van der Waals surface area contributed by atoms with Crippen molar-refractivity contribution < 1.29 is 9.59 Å². The number of nitrogens with one attached hydrogen (secondary N) is 1. The predicted octanol–water partition coefficient (Wildman–Crippen LogP) is -2.11. The first-order valence-corrected chi connectivity index (χ1v) is 6.01. The van der Waals surface area contributed by atoms with E-state index in [0.29, 0.717) is 0 Å². The maximum atomic E-state index is 11.7. The number of aromatic nitrogens is 6. The zero-order valence-electron chi connectivity index (χ0n) is 11.0. The van der Waals surface area contributed by atoms with Gasteiger partial charge in [-0.15, -0.1) is 0 Å². The molecule has 0 spiro atoms. The van der Waals surface area contributed by atoms with E-state index in [4.69, 9.17) is 5.73 Å². The number of carbonyl (C=O) groups excluding carboxylic acids is 2. The van der Waals surface area contributed by atoms with Gasteiger partial charge in [-0.3, -0.25) is 14.9 Å². The third-order valence-corrected chi connectivity index (χ3v) is 2.93. The van der Waals surface area contributed by atoms with Gasteiger partial charge < -0.3 is 10.6 Å². The average molecular weight is 289 g/mol. The molecule has 11 nitrogen and oxygen atoms in total. The molecule has 11 heteroatoms. The van der Waals surface area contributed by atoms with Gasteiger partial charge in [-0.2, -0.15) is 24.7 Å². The Hall–Kier alpha value is -3.11. The largest absolute Gasteiger partial charge is 0.368 e. The second-order valence-electron chi connectivity index (χ2n) is 4.35. The summed E-state index contributed by atoms with van der Waals surface area (Å²) in [7, 11) is 0. The fraction of sp³-hybridized carbons (Fsp3) is 0.300. The quantitative estimate of drug-likeness (QED) is 0.593. The van der Waals surface area contributed by atoms with E-state index in [-0.39, 0.29) is 24.4 Å².